The van der Waals surface area contributed by atoms with Crippen molar-refractivity contribution in [2.45, 2.75) is 44.9 Å². The van der Waals surface area contributed by atoms with Crippen LogP contribution in [0.5, 0.6) is 11.5 Å². The monoisotopic (exact) mass is 346 g/mol. The average Bonchev–Trinajstić information content (AvgIpc) is 2.47. The molecule has 2 aromatic carbocycles. The van der Waals surface area contributed by atoms with Gasteiger partial charge in [0.2, 0.25) is 0 Å². The van der Waals surface area contributed by atoms with E-state index in [1.165, 1.54) is 16.7 Å². The van der Waals surface area contributed by atoms with Crippen LogP contribution in [0.3, 0.4) is 0 Å². The molecule has 0 aliphatic carbocycles. The lowest BCUT2D eigenvalue weighted by Crippen LogP contribution is -2.13. The van der Waals surface area contributed by atoms with Crippen molar-refractivity contribution in [3.05, 3.63) is 59.2 Å². The molecule has 0 N–H and O–H groups in total. The van der Waals surface area contributed by atoms with Crippen molar-refractivity contribution >= 4 is 15.9 Å². The number of alkyl halides is 1. The summed E-state index contributed by atoms with van der Waals surface area (Å²) in [5.41, 5.74) is 3.92. The van der Waals surface area contributed by atoms with Crippen molar-refractivity contribution < 1.29 is 4.74 Å². The van der Waals surface area contributed by atoms with Crippen LogP contribution < -0.4 is 4.74 Å². The number of aryl methyl sites for hydroxylation is 1. The third-order valence-electron chi connectivity index (χ3n) is 3.57. The van der Waals surface area contributed by atoms with E-state index >= 15 is 0 Å². The summed E-state index contributed by atoms with van der Waals surface area (Å²) in [6.07, 6.45) is 1.04. The molecule has 0 saturated heterocycles. The van der Waals surface area contributed by atoms with Gasteiger partial charge in [-0.3, -0.25) is 0 Å². The van der Waals surface area contributed by atoms with Crippen LogP contribution in [0, 0.1) is 0 Å². The predicted molar refractivity (Wildman–Crippen MR) is 93.7 cm³/mol. The number of rotatable bonds is 4. The highest BCUT2D eigenvalue weighted by Gasteiger charge is 2.19. The summed E-state index contributed by atoms with van der Waals surface area (Å²) in [6.45, 7) is 8.86. The molecule has 0 atom stereocenters. The van der Waals surface area contributed by atoms with E-state index in [1.54, 1.807) is 0 Å². The SMILES string of the molecule is CCc1ccc(Oc2ccc(CBr)cc2)c(C(C)(C)C)c1. The Labute approximate surface area is 136 Å². The Bertz CT molecular complexity index is 594. The summed E-state index contributed by atoms with van der Waals surface area (Å²) in [5, 5.41) is 0.867. The first-order valence-electron chi connectivity index (χ1n) is 7.40. The van der Waals surface area contributed by atoms with Gasteiger partial charge in [-0.2, -0.15) is 0 Å². The fourth-order valence-electron chi connectivity index (χ4n) is 2.25. The zero-order valence-electron chi connectivity index (χ0n) is 13.2. The Hall–Kier alpha value is -1.28. The molecule has 0 aliphatic heterocycles. The lowest BCUT2D eigenvalue weighted by Gasteiger charge is -2.23. The van der Waals surface area contributed by atoms with Crippen LogP contribution in [0.15, 0.2) is 42.5 Å². The van der Waals surface area contributed by atoms with Crippen LogP contribution in [0.2, 0.25) is 0 Å². The third-order valence-corrected chi connectivity index (χ3v) is 4.21. The van der Waals surface area contributed by atoms with Crippen LogP contribution in [-0.2, 0) is 17.2 Å². The fourth-order valence-corrected chi connectivity index (χ4v) is 2.62. The molecule has 0 radical (unpaired) electrons. The maximum Gasteiger partial charge on any atom is 0.131 e. The maximum atomic E-state index is 6.12. The van der Waals surface area contributed by atoms with Gasteiger partial charge in [-0.25, -0.2) is 0 Å². The molecule has 2 aromatic rings. The molecule has 112 valence electrons. The van der Waals surface area contributed by atoms with Gasteiger partial charge in [-0.15, -0.1) is 0 Å². The van der Waals surface area contributed by atoms with Crippen molar-refractivity contribution in [1.29, 1.82) is 0 Å². The summed E-state index contributed by atoms with van der Waals surface area (Å²) < 4.78 is 6.12. The van der Waals surface area contributed by atoms with Crippen LogP contribution >= 0.6 is 15.9 Å². The molecule has 0 bridgehead atoms. The predicted octanol–water partition coefficient (Wildman–Crippen LogP) is 6.23. The molecule has 0 saturated carbocycles. The van der Waals surface area contributed by atoms with Gasteiger partial charge in [0.05, 0.1) is 0 Å². The third kappa shape index (κ3) is 4.10. The second-order valence-corrected chi connectivity index (χ2v) is 6.87. The van der Waals surface area contributed by atoms with Gasteiger partial charge in [0.1, 0.15) is 11.5 Å². The largest absolute Gasteiger partial charge is 0.457 e. The van der Waals surface area contributed by atoms with E-state index in [0.29, 0.717) is 0 Å². The lowest BCUT2D eigenvalue weighted by molar-refractivity contribution is 0.455. The minimum Gasteiger partial charge on any atom is -0.457 e. The number of benzene rings is 2. The lowest BCUT2D eigenvalue weighted by atomic mass is 9.85. The highest BCUT2D eigenvalue weighted by Crippen LogP contribution is 2.35. The fraction of sp³-hybridized carbons (Fsp3) is 0.368. The highest BCUT2D eigenvalue weighted by atomic mass is 79.9. The molecule has 2 rings (SSSR count). The molecule has 0 aromatic heterocycles. The van der Waals surface area contributed by atoms with E-state index < -0.39 is 0 Å². The zero-order valence-corrected chi connectivity index (χ0v) is 14.8. The molecule has 2 heteroatoms. The van der Waals surface area contributed by atoms with Gasteiger partial charge in [-0.1, -0.05) is 67.9 Å². The molecule has 0 spiro atoms. The van der Waals surface area contributed by atoms with Crippen LogP contribution in [-0.4, -0.2) is 0 Å². The molecule has 0 aliphatic rings. The second kappa shape index (κ2) is 6.65. The number of ether oxygens (including phenoxy) is 1. The molecule has 21 heavy (non-hydrogen) atoms. The van der Waals surface area contributed by atoms with Crippen molar-refractivity contribution in [2.75, 3.05) is 0 Å². The van der Waals surface area contributed by atoms with Gasteiger partial charge in [0, 0.05) is 10.9 Å². The van der Waals surface area contributed by atoms with Gasteiger partial charge in [0.25, 0.3) is 0 Å². The average molecular weight is 347 g/mol. The summed E-state index contributed by atoms with van der Waals surface area (Å²) in [7, 11) is 0. The molecule has 1 nitrogen and oxygen atoms in total. The normalized spacial score (nSPS) is 11.5. The Kier molecular flexibility index (Phi) is 5.10. The smallest absolute Gasteiger partial charge is 0.131 e. The number of hydrogen-bond donors (Lipinski definition) is 0. The summed E-state index contributed by atoms with van der Waals surface area (Å²) in [4.78, 5) is 0. The van der Waals surface area contributed by atoms with Gasteiger partial charge in [-0.05, 0) is 41.2 Å². The summed E-state index contributed by atoms with van der Waals surface area (Å²) >= 11 is 3.46. The Balaban J connectivity index is 2.34. The van der Waals surface area contributed by atoms with Crippen LogP contribution in [0.25, 0.3) is 0 Å². The van der Waals surface area contributed by atoms with Crippen molar-refractivity contribution in [3.8, 4) is 11.5 Å². The summed E-state index contributed by atoms with van der Waals surface area (Å²) in [5.74, 6) is 1.83. The Morgan fingerprint density at radius 1 is 0.952 bits per heavy atom. The quantitative estimate of drug-likeness (QED) is 0.596. The number of halogens is 1. The van der Waals surface area contributed by atoms with Crippen LogP contribution in [0.1, 0.15) is 44.4 Å². The first-order chi connectivity index (χ1) is 9.94. The first-order valence-corrected chi connectivity index (χ1v) is 8.52. The topological polar surface area (TPSA) is 9.23 Å². The van der Waals surface area contributed by atoms with E-state index in [0.717, 1.165) is 23.2 Å². The number of hydrogen-bond acceptors (Lipinski definition) is 1. The van der Waals surface area contributed by atoms with Crippen molar-refractivity contribution in [2.24, 2.45) is 0 Å². The standard InChI is InChI=1S/C19H23BrO/c1-5-14-8-11-18(17(12-14)19(2,3)4)21-16-9-6-15(13-20)7-10-16/h6-12H,5,13H2,1-4H3. The molecule has 0 heterocycles. The van der Waals surface area contributed by atoms with E-state index in [4.69, 9.17) is 4.74 Å². The second-order valence-electron chi connectivity index (χ2n) is 6.31. The maximum absolute atomic E-state index is 6.12. The van der Waals surface area contributed by atoms with E-state index in [9.17, 15) is 0 Å². The van der Waals surface area contributed by atoms with Crippen molar-refractivity contribution in [1.82, 2.24) is 0 Å². The minimum absolute atomic E-state index is 0.0658. The highest BCUT2D eigenvalue weighted by molar-refractivity contribution is 9.08. The zero-order chi connectivity index (χ0) is 15.5. The van der Waals surface area contributed by atoms with Crippen molar-refractivity contribution in [3.63, 3.8) is 0 Å². The van der Waals surface area contributed by atoms with Gasteiger partial charge < -0.3 is 4.74 Å². The van der Waals surface area contributed by atoms with E-state index in [-0.39, 0.29) is 5.41 Å². The van der Waals surface area contributed by atoms with Crippen LogP contribution in [0.4, 0.5) is 0 Å². The molecular weight excluding hydrogens is 324 g/mol. The van der Waals surface area contributed by atoms with Gasteiger partial charge in [0.15, 0.2) is 0 Å². The van der Waals surface area contributed by atoms with E-state index in [1.807, 2.05) is 12.1 Å². The Morgan fingerprint density at radius 2 is 1.57 bits per heavy atom. The molecule has 0 fully saturated rings. The minimum atomic E-state index is 0.0658. The Morgan fingerprint density at radius 3 is 2.10 bits per heavy atom. The van der Waals surface area contributed by atoms with E-state index in [2.05, 4.69) is 74.0 Å². The summed E-state index contributed by atoms with van der Waals surface area (Å²) in [6, 6.07) is 14.7. The molecular formula is C19H23BrO. The molecule has 0 amide bonds. The first kappa shape index (κ1) is 16.1. The molecule has 0 unspecified atom stereocenters. The van der Waals surface area contributed by atoms with Gasteiger partial charge >= 0.3 is 0 Å².